The molecule has 3 N–H and O–H groups in total. The maximum atomic E-state index is 12.2. The molecule has 20 heavy (non-hydrogen) atoms. The highest BCUT2D eigenvalue weighted by molar-refractivity contribution is 6.32. The zero-order valence-electron chi connectivity index (χ0n) is 11.6. The molecule has 2 rings (SSSR count). The number of hydrogen-bond donors (Lipinski definition) is 3. The van der Waals surface area contributed by atoms with Crippen LogP contribution in [0.25, 0.3) is 0 Å². The van der Waals surface area contributed by atoms with Gasteiger partial charge in [-0.05, 0) is 25.7 Å². The lowest BCUT2D eigenvalue weighted by atomic mass is 10.4. The Hall–Kier alpha value is -1.11. The second-order valence-corrected chi connectivity index (χ2v) is 5.69. The van der Waals surface area contributed by atoms with Crippen molar-refractivity contribution in [1.82, 2.24) is 15.1 Å². The predicted molar refractivity (Wildman–Crippen MR) is 79.3 cm³/mol. The third kappa shape index (κ3) is 4.47. The maximum Gasteiger partial charge on any atom is 0.291 e. The molecule has 1 heterocycles. The van der Waals surface area contributed by atoms with Crippen LogP contribution >= 0.6 is 11.6 Å². The Morgan fingerprint density at radius 1 is 1.55 bits per heavy atom. The summed E-state index contributed by atoms with van der Waals surface area (Å²) in [4.78, 5) is 12.2. The molecule has 6 nitrogen and oxygen atoms in total. The molecule has 1 aromatic rings. The first kappa shape index (κ1) is 15.3. The second kappa shape index (κ2) is 7.06. The normalized spacial score (nSPS) is 16.1. The molecule has 112 valence electrons. The lowest BCUT2D eigenvalue weighted by Crippen LogP contribution is -2.31. The van der Waals surface area contributed by atoms with Gasteiger partial charge in [0.2, 0.25) is 0 Å². The molecular formula is C13H21ClN4O2. The summed E-state index contributed by atoms with van der Waals surface area (Å²) in [7, 11) is 0. The van der Waals surface area contributed by atoms with Gasteiger partial charge in [-0.25, -0.2) is 4.68 Å². The molecule has 1 aromatic heterocycles. The van der Waals surface area contributed by atoms with Gasteiger partial charge in [-0.3, -0.25) is 4.79 Å². The Balaban J connectivity index is 1.90. The van der Waals surface area contributed by atoms with Gasteiger partial charge in [0, 0.05) is 26.2 Å². The van der Waals surface area contributed by atoms with Crippen molar-refractivity contribution in [3.05, 3.63) is 21.6 Å². The highest BCUT2D eigenvalue weighted by Crippen LogP contribution is 2.30. The van der Waals surface area contributed by atoms with Gasteiger partial charge in [0.25, 0.3) is 5.56 Å². The van der Waals surface area contributed by atoms with E-state index in [1.807, 2.05) is 0 Å². The summed E-state index contributed by atoms with van der Waals surface area (Å²) in [5, 5.41) is 19.6. The minimum atomic E-state index is -0.379. The molecule has 0 aliphatic heterocycles. The standard InChI is InChI=1S/C13H21ClN4O2/c1-9(19)6-15-4-5-16-12-11(14)7-17-18(13(12)20)8-10-2-3-10/h7,9-10,15-16,19H,2-6,8H2,1H3. The molecular weight excluding hydrogens is 280 g/mol. The average molecular weight is 301 g/mol. The van der Waals surface area contributed by atoms with Crippen molar-refractivity contribution < 1.29 is 5.11 Å². The Labute approximate surface area is 123 Å². The van der Waals surface area contributed by atoms with Crippen LogP contribution in [0.2, 0.25) is 5.02 Å². The Morgan fingerprint density at radius 2 is 2.30 bits per heavy atom. The van der Waals surface area contributed by atoms with Crippen molar-refractivity contribution in [2.45, 2.75) is 32.4 Å². The summed E-state index contributed by atoms with van der Waals surface area (Å²) in [6.07, 6.45) is 3.47. The van der Waals surface area contributed by atoms with Gasteiger partial charge in [0.15, 0.2) is 0 Å². The molecule has 0 saturated heterocycles. The van der Waals surface area contributed by atoms with Crippen LogP contribution < -0.4 is 16.2 Å². The van der Waals surface area contributed by atoms with Crippen LogP contribution in [0.1, 0.15) is 19.8 Å². The molecule has 0 amide bonds. The Morgan fingerprint density at radius 3 is 2.95 bits per heavy atom. The topological polar surface area (TPSA) is 79.2 Å². The summed E-state index contributed by atoms with van der Waals surface area (Å²) in [5.74, 6) is 0.585. The van der Waals surface area contributed by atoms with Crippen LogP contribution in [0.5, 0.6) is 0 Å². The molecule has 0 bridgehead atoms. The van der Waals surface area contributed by atoms with Gasteiger partial charge in [0.1, 0.15) is 5.69 Å². The summed E-state index contributed by atoms with van der Waals surface area (Å²) >= 11 is 6.02. The monoisotopic (exact) mass is 300 g/mol. The van der Waals surface area contributed by atoms with Crippen molar-refractivity contribution >= 4 is 17.3 Å². The molecule has 1 atom stereocenters. The van der Waals surface area contributed by atoms with Gasteiger partial charge in [-0.15, -0.1) is 0 Å². The van der Waals surface area contributed by atoms with Crippen molar-refractivity contribution in [2.24, 2.45) is 5.92 Å². The molecule has 1 aliphatic rings. The van der Waals surface area contributed by atoms with Gasteiger partial charge in [0.05, 0.1) is 17.3 Å². The number of aliphatic hydroxyl groups is 1. The van der Waals surface area contributed by atoms with Crippen LogP contribution in [-0.2, 0) is 6.54 Å². The third-order valence-corrected chi connectivity index (χ3v) is 3.46. The molecule has 1 fully saturated rings. The molecule has 1 unspecified atom stereocenters. The first-order chi connectivity index (χ1) is 9.58. The smallest absolute Gasteiger partial charge is 0.291 e. The quantitative estimate of drug-likeness (QED) is 0.616. The SMILES string of the molecule is CC(O)CNCCNc1c(Cl)cnn(CC2CC2)c1=O. The summed E-state index contributed by atoms with van der Waals surface area (Å²) in [5.41, 5.74) is 0.237. The van der Waals surface area contributed by atoms with Gasteiger partial charge >= 0.3 is 0 Å². The van der Waals surface area contributed by atoms with E-state index < -0.39 is 0 Å². The number of aromatic nitrogens is 2. The average Bonchev–Trinajstić information content (AvgIpc) is 3.20. The summed E-state index contributed by atoms with van der Waals surface area (Å²) in [6.45, 7) is 4.13. The number of halogens is 1. The van der Waals surface area contributed by atoms with E-state index in [9.17, 15) is 4.79 Å². The molecule has 0 aromatic carbocycles. The first-order valence-electron chi connectivity index (χ1n) is 6.96. The Kier molecular flexibility index (Phi) is 5.39. The van der Waals surface area contributed by atoms with E-state index in [0.29, 0.717) is 42.8 Å². The number of nitrogens with zero attached hydrogens (tertiary/aromatic N) is 2. The van der Waals surface area contributed by atoms with Crippen LogP contribution in [0.3, 0.4) is 0 Å². The van der Waals surface area contributed by atoms with Crippen LogP contribution in [0.4, 0.5) is 5.69 Å². The predicted octanol–water partition coefficient (Wildman–Crippen LogP) is 0.689. The second-order valence-electron chi connectivity index (χ2n) is 5.28. The third-order valence-electron chi connectivity index (χ3n) is 3.17. The van der Waals surface area contributed by atoms with Crippen LogP contribution in [-0.4, -0.2) is 40.6 Å². The molecule has 1 aliphatic carbocycles. The highest BCUT2D eigenvalue weighted by atomic mass is 35.5. The van der Waals surface area contributed by atoms with E-state index in [-0.39, 0.29) is 11.7 Å². The maximum absolute atomic E-state index is 12.2. The summed E-state index contributed by atoms with van der Waals surface area (Å²) in [6, 6.07) is 0. The molecule has 0 spiro atoms. The fraction of sp³-hybridized carbons (Fsp3) is 0.692. The van der Waals surface area contributed by atoms with E-state index in [1.165, 1.54) is 23.7 Å². The number of aliphatic hydroxyl groups excluding tert-OH is 1. The lowest BCUT2D eigenvalue weighted by molar-refractivity contribution is 0.192. The van der Waals surface area contributed by atoms with Crippen molar-refractivity contribution in [3.8, 4) is 0 Å². The largest absolute Gasteiger partial charge is 0.392 e. The fourth-order valence-corrected chi connectivity index (χ4v) is 2.08. The van der Waals surface area contributed by atoms with E-state index in [4.69, 9.17) is 16.7 Å². The zero-order chi connectivity index (χ0) is 14.5. The van der Waals surface area contributed by atoms with Gasteiger partial charge in [-0.1, -0.05) is 11.6 Å². The summed E-state index contributed by atoms with van der Waals surface area (Å²) < 4.78 is 1.48. The van der Waals surface area contributed by atoms with Crippen LogP contribution in [0, 0.1) is 5.92 Å². The number of rotatable bonds is 8. The number of anilines is 1. The van der Waals surface area contributed by atoms with Crippen LogP contribution in [0.15, 0.2) is 11.0 Å². The minimum absolute atomic E-state index is 0.167. The zero-order valence-corrected chi connectivity index (χ0v) is 12.4. The van der Waals surface area contributed by atoms with E-state index in [2.05, 4.69) is 15.7 Å². The first-order valence-corrected chi connectivity index (χ1v) is 7.34. The van der Waals surface area contributed by atoms with Crippen molar-refractivity contribution in [2.75, 3.05) is 25.0 Å². The molecule has 7 heteroatoms. The van der Waals surface area contributed by atoms with Gasteiger partial charge in [-0.2, -0.15) is 5.10 Å². The minimum Gasteiger partial charge on any atom is -0.392 e. The number of hydrogen-bond acceptors (Lipinski definition) is 5. The van der Waals surface area contributed by atoms with Crippen molar-refractivity contribution in [1.29, 1.82) is 0 Å². The van der Waals surface area contributed by atoms with E-state index >= 15 is 0 Å². The highest BCUT2D eigenvalue weighted by Gasteiger charge is 2.23. The molecule has 1 saturated carbocycles. The van der Waals surface area contributed by atoms with Gasteiger partial charge < -0.3 is 15.7 Å². The van der Waals surface area contributed by atoms with E-state index in [1.54, 1.807) is 6.92 Å². The van der Waals surface area contributed by atoms with Crippen molar-refractivity contribution in [3.63, 3.8) is 0 Å². The lowest BCUT2D eigenvalue weighted by Gasteiger charge is -2.11. The fourth-order valence-electron chi connectivity index (χ4n) is 1.89. The van der Waals surface area contributed by atoms with E-state index in [0.717, 1.165) is 0 Å². The molecule has 0 radical (unpaired) electrons. The number of nitrogens with one attached hydrogen (secondary N) is 2. The Bertz CT molecular complexity index is 500.